The van der Waals surface area contributed by atoms with Gasteiger partial charge in [0.1, 0.15) is 6.29 Å². The fraction of sp³-hybridized carbons (Fsp3) is 0.529. The molecule has 0 unspecified atom stereocenters. The Hall–Kier alpha value is -1.49. The molecule has 0 amide bonds. The number of ether oxygens (including phenoxy) is 1. The summed E-state index contributed by atoms with van der Waals surface area (Å²) in [5.41, 5.74) is 0.738. The molecule has 1 aliphatic rings. The van der Waals surface area contributed by atoms with Gasteiger partial charge in [0.05, 0.1) is 25.7 Å². The number of hydrogen-bond donors (Lipinski definition) is 0. The van der Waals surface area contributed by atoms with Crippen LogP contribution in [0.1, 0.15) is 32.3 Å². The Balaban J connectivity index is 2.58. The van der Waals surface area contributed by atoms with Crippen molar-refractivity contribution in [2.24, 2.45) is 5.92 Å². The van der Waals surface area contributed by atoms with Gasteiger partial charge >= 0.3 is 13.6 Å². The highest BCUT2D eigenvalue weighted by atomic mass is 31.2. The molecule has 0 spiro atoms. The van der Waals surface area contributed by atoms with Crippen LogP contribution < -0.4 is 0 Å². The summed E-state index contributed by atoms with van der Waals surface area (Å²) >= 11 is 0. The molecular formula is C17H23O6P. The molecule has 3 atom stereocenters. The second-order valence-corrected chi connectivity index (χ2v) is 7.68. The molecule has 1 aromatic rings. The van der Waals surface area contributed by atoms with Crippen LogP contribution in [-0.2, 0) is 27.9 Å². The molecule has 0 aromatic heterocycles. The van der Waals surface area contributed by atoms with Gasteiger partial charge in [-0.25, -0.2) is 0 Å². The highest BCUT2D eigenvalue weighted by molar-refractivity contribution is 7.57. The van der Waals surface area contributed by atoms with Crippen molar-refractivity contribution in [2.45, 2.75) is 31.8 Å². The molecule has 0 saturated heterocycles. The minimum absolute atomic E-state index is 0.103. The van der Waals surface area contributed by atoms with Crippen LogP contribution in [0.25, 0.3) is 0 Å². The van der Waals surface area contributed by atoms with Gasteiger partial charge in [0.2, 0.25) is 0 Å². The number of esters is 1. The number of carbonyl (C=O) groups excluding carboxylic acids is 2. The summed E-state index contributed by atoms with van der Waals surface area (Å²) in [6, 6.07) is 9.03. The van der Waals surface area contributed by atoms with E-state index in [-0.39, 0.29) is 19.8 Å². The second-order valence-electron chi connectivity index (χ2n) is 5.43. The zero-order valence-corrected chi connectivity index (χ0v) is 15.0. The van der Waals surface area contributed by atoms with E-state index in [0.29, 0.717) is 6.29 Å². The van der Waals surface area contributed by atoms with Crippen LogP contribution in [0.15, 0.2) is 30.3 Å². The first kappa shape index (κ1) is 18.8. The largest absolute Gasteiger partial charge is 0.465 e. The van der Waals surface area contributed by atoms with Crippen molar-refractivity contribution in [1.29, 1.82) is 0 Å². The molecule has 0 radical (unpaired) electrons. The predicted octanol–water partition coefficient (Wildman–Crippen LogP) is 3.17. The molecule has 7 heteroatoms. The Morgan fingerprint density at radius 2 is 1.71 bits per heavy atom. The quantitative estimate of drug-likeness (QED) is 0.385. The maximum Gasteiger partial charge on any atom is 0.349 e. The lowest BCUT2D eigenvalue weighted by atomic mass is 10.1. The van der Waals surface area contributed by atoms with Crippen LogP contribution >= 0.6 is 7.60 Å². The molecule has 0 N–H and O–H groups in total. The van der Waals surface area contributed by atoms with E-state index in [0.717, 1.165) is 5.56 Å². The SMILES string of the molecule is CCOC(=O)[C@@]1(P(=O)(OCC)OCC)[C@H](C=O)[C@H]1c1ccccc1. The van der Waals surface area contributed by atoms with Crippen LogP contribution in [0.3, 0.4) is 0 Å². The lowest BCUT2D eigenvalue weighted by Crippen LogP contribution is -2.31. The summed E-state index contributed by atoms with van der Waals surface area (Å²) < 4.78 is 29.5. The number of rotatable bonds is 9. The standard InChI is InChI=1S/C17H23O6P/c1-4-21-16(19)17(24(20,22-5-2)23-6-3)14(12-18)15(17)13-10-8-7-9-11-13/h7-12,14-15H,4-6H2,1-3H3/t14-,15-,17-/m1/s1. The van der Waals surface area contributed by atoms with E-state index < -0.39 is 30.6 Å². The molecule has 1 saturated carbocycles. The summed E-state index contributed by atoms with van der Waals surface area (Å²) in [5.74, 6) is -2.09. The van der Waals surface area contributed by atoms with E-state index in [1.807, 2.05) is 6.07 Å². The fourth-order valence-electron chi connectivity index (χ4n) is 3.27. The molecule has 24 heavy (non-hydrogen) atoms. The van der Waals surface area contributed by atoms with Gasteiger partial charge in [-0.2, -0.15) is 0 Å². The average molecular weight is 354 g/mol. The van der Waals surface area contributed by atoms with Crippen molar-refractivity contribution < 1.29 is 27.9 Å². The number of aldehydes is 1. The molecular weight excluding hydrogens is 331 g/mol. The van der Waals surface area contributed by atoms with E-state index in [1.54, 1.807) is 45.0 Å². The first-order chi connectivity index (χ1) is 11.5. The third kappa shape index (κ3) is 2.83. The first-order valence-corrected chi connectivity index (χ1v) is 9.64. The average Bonchev–Trinajstić information content (AvgIpc) is 3.27. The summed E-state index contributed by atoms with van der Waals surface area (Å²) in [6.45, 7) is 5.32. The fourth-order valence-corrected chi connectivity index (χ4v) is 5.89. The lowest BCUT2D eigenvalue weighted by molar-refractivity contribution is -0.145. The van der Waals surface area contributed by atoms with Crippen LogP contribution in [0, 0.1) is 5.92 Å². The van der Waals surface area contributed by atoms with E-state index in [1.165, 1.54) is 0 Å². The monoisotopic (exact) mass is 354 g/mol. The maximum atomic E-state index is 13.5. The van der Waals surface area contributed by atoms with Crippen LogP contribution in [0.5, 0.6) is 0 Å². The second kappa shape index (κ2) is 7.60. The van der Waals surface area contributed by atoms with Crippen molar-refractivity contribution in [1.82, 2.24) is 0 Å². The van der Waals surface area contributed by atoms with Crippen molar-refractivity contribution in [3.8, 4) is 0 Å². The molecule has 1 fully saturated rings. The van der Waals surface area contributed by atoms with Gasteiger partial charge < -0.3 is 18.6 Å². The highest BCUT2D eigenvalue weighted by Crippen LogP contribution is 2.79. The van der Waals surface area contributed by atoms with Crippen molar-refractivity contribution >= 4 is 19.9 Å². The van der Waals surface area contributed by atoms with E-state index in [2.05, 4.69) is 0 Å². The molecule has 1 aliphatic carbocycles. The van der Waals surface area contributed by atoms with Crippen LogP contribution in [0.4, 0.5) is 0 Å². The first-order valence-electron chi connectivity index (χ1n) is 8.10. The summed E-state index contributed by atoms with van der Waals surface area (Å²) in [6.07, 6.45) is 0.652. The van der Waals surface area contributed by atoms with Gasteiger partial charge in [-0.05, 0) is 26.3 Å². The van der Waals surface area contributed by atoms with Gasteiger partial charge in [-0.1, -0.05) is 30.3 Å². The highest BCUT2D eigenvalue weighted by Gasteiger charge is 2.82. The summed E-state index contributed by atoms with van der Waals surface area (Å²) in [4.78, 5) is 24.5. The maximum absolute atomic E-state index is 13.5. The van der Waals surface area contributed by atoms with Gasteiger partial charge in [0.15, 0.2) is 5.16 Å². The van der Waals surface area contributed by atoms with E-state index in [4.69, 9.17) is 13.8 Å². The molecule has 2 rings (SSSR count). The Morgan fingerprint density at radius 3 is 2.17 bits per heavy atom. The number of benzene rings is 1. The molecule has 132 valence electrons. The summed E-state index contributed by atoms with van der Waals surface area (Å²) in [5, 5.41) is -1.61. The minimum atomic E-state index is -3.90. The third-order valence-electron chi connectivity index (χ3n) is 4.19. The summed E-state index contributed by atoms with van der Waals surface area (Å²) in [7, 11) is -3.90. The van der Waals surface area contributed by atoms with Crippen molar-refractivity contribution in [3.63, 3.8) is 0 Å². The Kier molecular flexibility index (Phi) is 5.97. The zero-order valence-electron chi connectivity index (χ0n) is 14.1. The molecule has 0 heterocycles. The Labute approximate surface area is 142 Å². The van der Waals surface area contributed by atoms with Crippen molar-refractivity contribution in [2.75, 3.05) is 19.8 Å². The predicted molar refractivity (Wildman–Crippen MR) is 89.0 cm³/mol. The zero-order chi connectivity index (χ0) is 17.8. The molecule has 6 nitrogen and oxygen atoms in total. The van der Waals surface area contributed by atoms with Crippen LogP contribution in [-0.4, -0.2) is 37.2 Å². The van der Waals surface area contributed by atoms with Gasteiger partial charge in [-0.3, -0.25) is 9.36 Å². The third-order valence-corrected chi connectivity index (χ3v) is 7.05. The lowest BCUT2D eigenvalue weighted by Gasteiger charge is -2.26. The minimum Gasteiger partial charge on any atom is -0.465 e. The van der Waals surface area contributed by atoms with E-state index in [9.17, 15) is 14.2 Å². The smallest absolute Gasteiger partial charge is 0.349 e. The molecule has 0 bridgehead atoms. The van der Waals surface area contributed by atoms with Gasteiger partial charge in [0.25, 0.3) is 0 Å². The van der Waals surface area contributed by atoms with Crippen molar-refractivity contribution in [3.05, 3.63) is 35.9 Å². The molecule has 0 aliphatic heterocycles. The van der Waals surface area contributed by atoms with Crippen LogP contribution in [0.2, 0.25) is 0 Å². The van der Waals surface area contributed by atoms with Gasteiger partial charge in [-0.15, -0.1) is 0 Å². The van der Waals surface area contributed by atoms with Gasteiger partial charge in [0, 0.05) is 5.92 Å². The number of hydrogen-bond acceptors (Lipinski definition) is 6. The Morgan fingerprint density at radius 1 is 1.12 bits per heavy atom. The Bertz CT molecular complexity index is 621. The molecule has 1 aromatic carbocycles. The topological polar surface area (TPSA) is 78.9 Å². The normalized spacial score (nSPS) is 26.0. The van der Waals surface area contributed by atoms with E-state index >= 15 is 0 Å². The number of carbonyl (C=O) groups is 2.